The summed E-state index contributed by atoms with van der Waals surface area (Å²) in [6.45, 7) is 0.543. The first-order valence-corrected chi connectivity index (χ1v) is 7.36. The third-order valence-corrected chi connectivity index (χ3v) is 4.03. The average Bonchev–Trinajstić information content (AvgIpc) is 3.01. The summed E-state index contributed by atoms with van der Waals surface area (Å²) in [5.41, 5.74) is 2.15. The molecule has 106 valence electrons. The van der Waals surface area contributed by atoms with E-state index in [0.29, 0.717) is 11.5 Å². The topological polar surface area (TPSA) is 51.2 Å². The predicted octanol–water partition coefficient (Wildman–Crippen LogP) is 2.99. The molecule has 0 fully saturated rings. The molecule has 0 bridgehead atoms. The molecule has 5 heteroatoms. The smallest absolute Gasteiger partial charge is 0.262 e. The summed E-state index contributed by atoms with van der Waals surface area (Å²) < 4.78 is 5.68. The van der Waals surface area contributed by atoms with Gasteiger partial charge in [-0.15, -0.1) is 11.3 Å². The number of aromatic nitrogens is 1. The lowest BCUT2D eigenvalue weighted by Crippen LogP contribution is -2.16. The quantitative estimate of drug-likeness (QED) is 0.947. The number of carbonyl (C=O) groups excluding carboxylic acids is 1. The van der Waals surface area contributed by atoms with Gasteiger partial charge in [-0.2, -0.15) is 0 Å². The number of nitrogens with one attached hydrogen (secondary N) is 1. The number of nitrogens with zero attached hydrogens (tertiary/aromatic N) is 1. The Morgan fingerprint density at radius 3 is 3.10 bits per heavy atom. The molecule has 3 rings (SSSR count). The van der Waals surface area contributed by atoms with E-state index in [1.807, 2.05) is 36.4 Å². The number of thiazole rings is 1. The van der Waals surface area contributed by atoms with Crippen molar-refractivity contribution in [2.75, 3.05) is 13.7 Å². The lowest BCUT2D eigenvalue weighted by Gasteiger charge is -2.15. The van der Waals surface area contributed by atoms with Crippen LogP contribution in [0.1, 0.15) is 20.2 Å². The van der Waals surface area contributed by atoms with Gasteiger partial charge in [0.15, 0.2) is 0 Å². The standard InChI is InChI=1S/C16H14N2O2S/c1-17-16(19)14-9-18-15(21-14)7-6-11-8-12-4-2-3-5-13(12)20-10-11/h2-9H,10H2,1H3,(H,17,19). The molecule has 1 N–H and O–H groups in total. The molecule has 0 aliphatic carbocycles. The summed E-state index contributed by atoms with van der Waals surface area (Å²) in [7, 11) is 1.61. The molecule has 4 nitrogen and oxygen atoms in total. The van der Waals surface area contributed by atoms with Crippen LogP contribution in [0, 0.1) is 0 Å². The number of carbonyl (C=O) groups is 1. The van der Waals surface area contributed by atoms with Crippen LogP contribution in [-0.4, -0.2) is 24.5 Å². The van der Waals surface area contributed by atoms with Crippen LogP contribution in [-0.2, 0) is 0 Å². The van der Waals surface area contributed by atoms with Gasteiger partial charge in [0.25, 0.3) is 5.91 Å². The Morgan fingerprint density at radius 2 is 2.24 bits per heavy atom. The monoisotopic (exact) mass is 298 g/mol. The maximum Gasteiger partial charge on any atom is 0.262 e. The lowest BCUT2D eigenvalue weighted by molar-refractivity contribution is 0.0967. The number of benzene rings is 1. The first-order chi connectivity index (χ1) is 10.3. The van der Waals surface area contributed by atoms with E-state index in [0.717, 1.165) is 21.9 Å². The number of rotatable bonds is 3. The zero-order chi connectivity index (χ0) is 14.7. The fraction of sp³-hybridized carbons (Fsp3) is 0.125. The zero-order valence-electron chi connectivity index (χ0n) is 11.5. The van der Waals surface area contributed by atoms with Crippen LogP contribution < -0.4 is 10.1 Å². The molecule has 0 atom stereocenters. The van der Waals surface area contributed by atoms with Gasteiger partial charge in [-0.25, -0.2) is 4.98 Å². The maximum absolute atomic E-state index is 11.5. The van der Waals surface area contributed by atoms with Crippen molar-refractivity contribution in [1.82, 2.24) is 10.3 Å². The number of ether oxygens (including phenoxy) is 1. The number of hydrogen-bond donors (Lipinski definition) is 1. The van der Waals surface area contributed by atoms with E-state index in [1.165, 1.54) is 11.3 Å². The summed E-state index contributed by atoms with van der Waals surface area (Å²) >= 11 is 1.36. The largest absolute Gasteiger partial charge is 0.488 e. The first-order valence-electron chi connectivity index (χ1n) is 6.54. The predicted molar refractivity (Wildman–Crippen MR) is 84.5 cm³/mol. The number of fused-ring (bicyclic) bond motifs is 1. The SMILES string of the molecule is CNC(=O)c1cnc(C=CC2=Cc3ccccc3OC2)s1. The Hall–Kier alpha value is -2.40. The van der Waals surface area contributed by atoms with Gasteiger partial charge in [0.05, 0.1) is 6.20 Å². The van der Waals surface area contributed by atoms with Crippen molar-refractivity contribution < 1.29 is 9.53 Å². The van der Waals surface area contributed by atoms with Crippen LogP contribution in [0.5, 0.6) is 5.75 Å². The molecule has 0 saturated carbocycles. The van der Waals surface area contributed by atoms with E-state index in [9.17, 15) is 4.79 Å². The van der Waals surface area contributed by atoms with Crippen molar-refractivity contribution in [1.29, 1.82) is 0 Å². The van der Waals surface area contributed by atoms with Gasteiger partial charge >= 0.3 is 0 Å². The average molecular weight is 298 g/mol. The van der Waals surface area contributed by atoms with Gasteiger partial charge in [-0.1, -0.05) is 24.3 Å². The van der Waals surface area contributed by atoms with Crippen molar-refractivity contribution in [2.45, 2.75) is 0 Å². The molecule has 0 spiro atoms. The van der Waals surface area contributed by atoms with Crippen molar-refractivity contribution in [3.63, 3.8) is 0 Å². The minimum absolute atomic E-state index is 0.110. The summed E-state index contributed by atoms with van der Waals surface area (Å²) in [6, 6.07) is 7.93. The van der Waals surface area contributed by atoms with Gasteiger partial charge in [0.2, 0.25) is 0 Å². The second-order valence-corrected chi connectivity index (χ2v) is 5.58. The van der Waals surface area contributed by atoms with E-state index < -0.39 is 0 Å². The highest BCUT2D eigenvalue weighted by molar-refractivity contribution is 7.14. The van der Waals surface area contributed by atoms with Gasteiger partial charge in [0.1, 0.15) is 22.2 Å². The summed E-state index contributed by atoms with van der Waals surface area (Å²) in [5, 5.41) is 3.39. The molecule has 0 unspecified atom stereocenters. The Labute approximate surface area is 126 Å². The van der Waals surface area contributed by atoms with Crippen LogP contribution >= 0.6 is 11.3 Å². The van der Waals surface area contributed by atoms with Gasteiger partial charge in [-0.05, 0) is 23.8 Å². The number of amides is 1. The van der Waals surface area contributed by atoms with Crippen LogP contribution in [0.2, 0.25) is 0 Å². The molecular weight excluding hydrogens is 284 g/mol. The van der Waals surface area contributed by atoms with Gasteiger partial charge in [-0.3, -0.25) is 4.79 Å². The van der Waals surface area contributed by atoms with E-state index in [1.54, 1.807) is 13.2 Å². The molecule has 2 heterocycles. The third kappa shape index (κ3) is 3.03. The Kier molecular flexibility index (Phi) is 3.83. The van der Waals surface area contributed by atoms with Crippen LogP contribution in [0.15, 0.2) is 42.1 Å². The zero-order valence-corrected chi connectivity index (χ0v) is 12.3. The normalized spacial score (nSPS) is 13.5. The van der Waals surface area contributed by atoms with E-state index in [2.05, 4.69) is 16.4 Å². The molecule has 1 aliphatic heterocycles. The van der Waals surface area contributed by atoms with Crippen LogP contribution in [0.4, 0.5) is 0 Å². The summed E-state index contributed by atoms with van der Waals surface area (Å²) in [6.07, 6.45) is 7.56. The van der Waals surface area contributed by atoms with Crippen LogP contribution in [0.3, 0.4) is 0 Å². The molecule has 0 radical (unpaired) electrons. The Morgan fingerprint density at radius 1 is 1.38 bits per heavy atom. The second kappa shape index (κ2) is 5.93. The maximum atomic E-state index is 11.5. The van der Waals surface area contributed by atoms with Crippen LogP contribution in [0.25, 0.3) is 12.2 Å². The molecule has 1 aliphatic rings. The Bertz CT molecular complexity index is 731. The molecule has 21 heavy (non-hydrogen) atoms. The lowest BCUT2D eigenvalue weighted by atomic mass is 10.1. The third-order valence-electron chi connectivity index (χ3n) is 3.07. The highest BCUT2D eigenvalue weighted by atomic mass is 32.1. The van der Waals surface area contributed by atoms with Gasteiger partial charge < -0.3 is 10.1 Å². The molecule has 0 saturated heterocycles. The number of hydrogen-bond acceptors (Lipinski definition) is 4. The van der Waals surface area contributed by atoms with Crippen molar-refractivity contribution in [3.05, 3.63) is 57.6 Å². The number of para-hydroxylation sites is 1. The highest BCUT2D eigenvalue weighted by Gasteiger charge is 2.09. The van der Waals surface area contributed by atoms with E-state index >= 15 is 0 Å². The molecular formula is C16H14N2O2S. The van der Waals surface area contributed by atoms with E-state index in [4.69, 9.17) is 4.74 Å². The minimum Gasteiger partial charge on any atom is -0.488 e. The molecule has 1 aromatic heterocycles. The Balaban J connectivity index is 1.77. The molecule has 1 amide bonds. The second-order valence-electron chi connectivity index (χ2n) is 4.52. The van der Waals surface area contributed by atoms with Crippen molar-refractivity contribution in [2.24, 2.45) is 0 Å². The van der Waals surface area contributed by atoms with Crippen molar-refractivity contribution in [3.8, 4) is 5.75 Å². The fourth-order valence-corrected chi connectivity index (χ4v) is 2.77. The highest BCUT2D eigenvalue weighted by Crippen LogP contribution is 2.26. The molecule has 1 aromatic carbocycles. The van der Waals surface area contributed by atoms with Gasteiger partial charge in [0, 0.05) is 12.6 Å². The summed E-state index contributed by atoms with van der Waals surface area (Å²) in [4.78, 5) is 16.3. The molecule has 2 aromatic rings. The minimum atomic E-state index is -0.110. The summed E-state index contributed by atoms with van der Waals surface area (Å²) in [5.74, 6) is 0.798. The van der Waals surface area contributed by atoms with E-state index in [-0.39, 0.29) is 5.91 Å². The first kappa shape index (κ1) is 13.6. The fourth-order valence-electron chi connectivity index (χ4n) is 2.00. The van der Waals surface area contributed by atoms with Crippen molar-refractivity contribution >= 4 is 29.4 Å².